The maximum Gasteiger partial charge on any atom is 0.319 e. The van der Waals surface area contributed by atoms with Gasteiger partial charge in [-0.2, -0.15) is 0 Å². The Bertz CT molecular complexity index is 939. The molecule has 4 N–H and O–H groups in total. The van der Waals surface area contributed by atoms with E-state index in [0.717, 1.165) is 0 Å². The summed E-state index contributed by atoms with van der Waals surface area (Å²) in [7, 11) is 2.99. The van der Waals surface area contributed by atoms with Gasteiger partial charge in [-0.1, -0.05) is 19.9 Å². The number of carbonyl (C=O) groups excluding carboxylic acids is 3. The quantitative estimate of drug-likeness (QED) is 0.476. The molecule has 0 bridgehead atoms. The van der Waals surface area contributed by atoms with E-state index in [9.17, 15) is 14.4 Å². The molecule has 0 radical (unpaired) electrons. The second-order valence-corrected chi connectivity index (χ2v) is 7.35. The monoisotopic (exact) mass is 442 g/mol. The molecule has 0 aliphatic rings. The molecule has 0 aliphatic heterocycles. The fourth-order valence-electron chi connectivity index (χ4n) is 2.93. The van der Waals surface area contributed by atoms with Gasteiger partial charge in [-0.3, -0.25) is 9.59 Å². The molecule has 2 aromatic carbocycles. The highest BCUT2D eigenvalue weighted by molar-refractivity contribution is 6.02. The van der Waals surface area contributed by atoms with Crippen LogP contribution in [0.4, 0.5) is 16.2 Å². The van der Waals surface area contributed by atoms with Crippen molar-refractivity contribution in [2.45, 2.75) is 26.8 Å². The summed E-state index contributed by atoms with van der Waals surface area (Å²) in [5, 5.41) is 10.9. The van der Waals surface area contributed by atoms with Crippen molar-refractivity contribution in [1.82, 2.24) is 10.6 Å². The summed E-state index contributed by atoms with van der Waals surface area (Å²) in [6.45, 7) is 5.99. The molecule has 9 heteroatoms. The Kier molecular flexibility index (Phi) is 8.88. The largest absolute Gasteiger partial charge is 0.497 e. The average Bonchev–Trinajstić information content (AvgIpc) is 2.76. The summed E-state index contributed by atoms with van der Waals surface area (Å²) in [5.41, 5.74) is 1.34. The lowest BCUT2D eigenvalue weighted by atomic mass is 10.0. The summed E-state index contributed by atoms with van der Waals surface area (Å²) in [5.74, 6) is -0.0443. The summed E-state index contributed by atoms with van der Waals surface area (Å²) in [6.07, 6.45) is 0. The Balaban J connectivity index is 2.13. The molecule has 0 saturated heterocycles. The van der Waals surface area contributed by atoms with Gasteiger partial charge in [0.05, 0.1) is 14.2 Å². The summed E-state index contributed by atoms with van der Waals surface area (Å²) in [4.78, 5) is 37.5. The summed E-state index contributed by atoms with van der Waals surface area (Å²) < 4.78 is 10.4. The first-order valence-corrected chi connectivity index (χ1v) is 10.3. The first-order chi connectivity index (χ1) is 15.3. The van der Waals surface area contributed by atoms with Gasteiger partial charge in [0.2, 0.25) is 5.91 Å². The van der Waals surface area contributed by atoms with E-state index < -0.39 is 11.9 Å². The molecule has 0 aliphatic carbocycles. The molecule has 9 nitrogen and oxygen atoms in total. The minimum absolute atomic E-state index is 0.178. The number of methoxy groups -OCH3 is 2. The van der Waals surface area contributed by atoms with Crippen LogP contribution in [0.5, 0.6) is 11.5 Å². The molecule has 2 aromatic rings. The smallest absolute Gasteiger partial charge is 0.319 e. The van der Waals surface area contributed by atoms with E-state index in [1.807, 2.05) is 20.8 Å². The van der Waals surface area contributed by atoms with Crippen molar-refractivity contribution in [2.75, 3.05) is 31.4 Å². The van der Waals surface area contributed by atoms with Crippen LogP contribution in [0.2, 0.25) is 0 Å². The van der Waals surface area contributed by atoms with Crippen molar-refractivity contribution >= 4 is 29.2 Å². The third-order valence-corrected chi connectivity index (χ3v) is 4.57. The number of nitrogens with one attached hydrogen (secondary N) is 4. The molecule has 1 atom stereocenters. The third kappa shape index (κ3) is 6.90. The predicted molar refractivity (Wildman–Crippen MR) is 123 cm³/mol. The SMILES string of the molecule is CCNC(=O)Nc1cccc(NC(=O)C(NC(=O)c2cc(OC)cc(OC)c2)C(C)C)c1. The molecule has 4 amide bonds. The number of rotatable bonds is 9. The van der Waals surface area contributed by atoms with E-state index in [1.54, 1.807) is 42.5 Å². The minimum Gasteiger partial charge on any atom is -0.497 e. The van der Waals surface area contributed by atoms with Crippen molar-refractivity contribution in [3.8, 4) is 11.5 Å². The van der Waals surface area contributed by atoms with Crippen LogP contribution in [0, 0.1) is 5.92 Å². The Morgan fingerprint density at radius 1 is 0.906 bits per heavy atom. The van der Waals surface area contributed by atoms with Crippen LogP contribution >= 0.6 is 0 Å². The van der Waals surface area contributed by atoms with Gasteiger partial charge in [-0.15, -0.1) is 0 Å². The van der Waals surface area contributed by atoms with Crippen LogP contribution in [0.25, 0.3) is 0 Å². The number of hydrogen-bond acceptors (Lipinski definition) is 5. The first kappa shape index (κ1) is 24.5. The van der Waals surface area contributed by atoms with Gasteiger partial charge in [-0.25, -0.2) is 4.79 Å². The van der Waals surface area contributed by atoms with Crippen LogP contribution in [-0.4, -0.2) is 44.7 Å². The van der Waals surface area contributed by atoms with Crippen molar-refractivity contribution in [3.63, 3.8) is 0 Å². The molecule has 0 fully saturated rings. The standard InChI is InChI=1S/C23H30N4O5/c1-6-24-23(30)26-17-9-7-8-16(12-17)25-22(29)20(14(2)3)27-21(28)15-10-18(31-4)13-19(11-15)32-5/h7-14,20H,6H2,1-5H3,(H,25,29)(H,27,28)(H2,24,26,30). The van der Waals surface area contributed by atoms with Crippen LogP contribution in [0.1, 0.15) is 31.1 Å². The van der Waals surface area contributed by atoms with E-state index in [2.05, 4.69) is 21.3 Å². The Morgan fingerprint density at radius 2 is 1.50 bits per heavy atom. The highest BCUT2D eigenvalue weighted by Gasteiger charge is 2.25. The van der Waals surface area contributed by atoms with Crippen LogP contribution < -0.4 is 30.7 Å². The molecule has 1 unspecified atom stereocenters. The van der Waals surface area contributed by atoms with E-state index in [-0.39, 0.29) is 17.9 Å². The molecule has 0 aromatic heterocycles. The van der Waals surface area contributed by atoms with Crippen molar-refractivity contribution in [3.05, 3.63) is 48.0 Å². The highest BCUT2D eigenvalue weighted by atomic mass is 16.5. The summed E-state index contributed by atoms with van der Waals surface area (Å²) >= 11 is 0. The van der Waals surface area contributed by atoms with E-state index in [1.165, 1.54) is 14.2 Å². The number of hydrogen-bond donors (Lipinski definition) is 4. The molecule has 172 valence electrons. The lowest BCUT2D eigenvalue weighted by Gasteiger charge is -2.22. The van der Waals surface area contributed by atoms with Gasteiger partial charge in [0.15, 0.2) is 0 Å². The first-order valence-electron chi connectivity index (χ1n) is 10.3. The van der Waals surface area contributed by atoms with Gasteiger partial charge in [-0.05, 0) is 43.2 Å². The fourth-order valence-corrected chi connectivity index (χ4v) is 2.93. The number of anilines is 2. The van der Waals surface area contributed by atoms with Gasteiger partial charge in [0.1, 0.15) is 17.5 Å². The van der Waals surface area contributed by atoms with Crippen molar-refractivity contribution < 1.29 is 23.9 Å². The van der Waals surface area contributed by atoms with Crippen molar-refractivity contribution in [2.24, 2.45) is 5.92 Å². The lowest BCUT2D eigenvalue weighted by molar-refractivity contribution is -0.118. The molecule has 32 heavy (non-hydrogen) atoms. The summed E-state index contributed by atoms with van der Waals surface area (Å²) in [6, 6.07) is 10.4. The van der Waals surface area contributed by atoms with E-state index >= 15 is 0 Å². The van der Waals surface area contributed by atoms with Gasteiger partial charge in [0.25, 0.3) is 5.91 Å². The second-order valence-electron chi connectivity index (χ2n) is 7.35. The zero-order valence-electron chi connectivity index (χ0n) is 18.9. The third-order valence-electron chi connectivity index (χ3n) is 4.57. The molecular formula is C23H30N4O5. The number of carbonyl (C=O) groups is 3. The Hall–Kier alpha value is -3.75. The Labute approximate surface area is 187 Å². The van der Waals surface area contributed by atoms with Crippen LogP contribution in [0.15, 0.2) is 42.5 Å². The molecule has 2 rings (SSSR count). The molecule has 0 heterocycles. The fraction of sp³-hybridized carbons (Fsp3) is 0.348. The topological polar surface area (TPSA) is 118 Å². The van der Waals surface area contributed by atoms with Gasteiger partial charge >= 0.3 is 6.03 Å². The van der Waals surface area contributed by atoms with Crippen LogP contribution in [0.3, 0.4) is 0 Å². The zero-order valence-corrected chi connectivity index (χ0v) is 18.9. The number of benzene rings is 2. The molecular weight excluding hydrogens is 412 g/mol. The number of ether oxygens (including phenoxy) is 2. The number of urea groups is 1. The maximum atomic E-state index is 12.9. The van der Waals surface area contributed by atoms with Gasteiger partial charge in [0, 0.05) is 29.5 Å². The highest BCUT2D eigenvalue weighted by Crippen LogP contribution is 2.23. The zero-order chi connectivity index (χ0) is 23.7. The molecule has 0 spiro atoms. The van der Waals surface area contributed by atoms with Gasteiger partial charge < -0.3 is 30.7 Å². The maximum absolute atomic E-state index is 12.9. The van der Waals surface area contributed by atoms with E-state index in [0.29, 0.717) is 35.0 Å². The van der Waals surface area contributed by atoms with E-state index in [4.69, 9.17) is 9.47 Å². The predicted octanol–water partition coefficient (Wildman–Crippen LogP) is 3.24. The Morgan fingerprint density at radius 3 is 2.03 bits per heavy atom. The van der Waals surface area contributed by atoms with Crippen LogP contribution in [-0.2, 0) is 4.79 Å². The average molecular weight is 443 g/mol. The lowest BCUT2D eigenvalue weighted by Crippen LogP contribution is -2.47. The van der Waals surface area contributed by atoms with Crippen molar-refractivity contribution in [1.29, 1.82) is 0 Å². The minimum atomic E-state index is -0.792. The normalized spacial score (nSPS) is 11.3. The number of amides is 4. The second kappa shape index (κ2) is 11.6. The molecule has 0 saturated carbocycles.